The summed E-state index contributed by atoms with van der Waals surface area (Å²) < 4.78 is 22.7. The molecule has 0 aliphatic rings. The number of ether oxygens (including phenoxy) is 4. The Morgan fingerprint density at radius 3 is 1.01 bits per heavy atom. The van der Waals surface area contributed by atoms with Crippen molar-refractivity contribution in [2.45, 2.75) is 264 Å². The second-order valence-corrected chi connectivity index (χ2v) is 23.0. The third kappa shape index (κ3) is 64.7. The van der Waals surface area contributed by atoms with Crippen LogP contribution in [-0.4, -0.2) is 82.3 Å². The predicted molar refractivity (Wildman–Crippen MR) is 356 cm³/mol. The standard InChI is InChI=1S/C75H123NO8/c1-6-8-10-12-14-16-18-20-22-24-26-27-28-29-30-31-32-33-34-35-36-37-38-39-40-41-42-43-44-45-46-47-48-50-52-54-56-58-60-62-64-66-73(78)84-71(70-83-75(74(79)80)81-68-67-76(3,4)5)69-82-72(77)65-63-61-59-57-55-53-51-49-25-23-21-19-17-15-13-11-9-7-2/h8,10,14,16-17,19-20,22-23,25-27,29-30,32-33,35-36,38-39,41-42,44-45,71,75H,6-7,9,11-13,15,18,21,24,28,31,34,37,40,43,46-70H2,1-5H3/b10-8-,16-14-,19-17-,22-20-,25-23-,27-26-,30-29-,33-32-,36-35-,39-38-,42-41-,45-44-. The van der Waals surface area contributed by atoms with Gasteiger partial charge in [-0.3, -0.25) is 9.59 Å². The van der Waals surface area contributed by atoms with Crippen LogP contribution in [0.1, 0.15) is 251 Å². The Morgan fingerprint density at radius 2 is 0.679 bits per heavy atom. The summed E-state index contributed by atoms with van der Waals surface area (Å²) in [5.74, 6) is -2.31. The molecule has 0 radical (unpaired) electrons. The molecular weight excluding hydrogens is 1040 g/mol. The van der Waals surface area contributed by atoms with Crippen LogP contribution in [0.2, 0.25) is 0 Å². The van der Waals surface area contributed by atoms with Crippen LogP contribution in [0.25, 0.3) is 0 Å². The molecule has 0 rings (SSSR count). The minimum atomic E-state index is -1.63. The molecule has 9 heteroatoms. The van der Waals surface area contributed by atoms with Gasteiger partial charge in [0.2, 0.25) is 0 Å². The van der Waals surface area contributed by atoms with Crippen LogP contribution in [0.4, 0.5) is 0 Å². The quantitative estimate of drug-likeness (QED) is 0.0195. The van der Waals surface area contributed by atoms with Crippen molar-refractivity contribution in [2.75, 3.05) is 47.5 Å². The summed E-state index contributed by atoms with van der Waals surface area (Å²) in [5.41, 5.74) is 0. The van der Waals surface area contributed by atoms with Crippen molar-refractivity contribution in [3.63, 3.8) is 0 Å². The fourth-order valence-electron chi connectivity index (χ4n) is 8.71. The van der Waals surface area contributed by atoms with Crippen LogP contribution in [0, 0.1) is 0 Å². The van der Waals surface area contributed by atoms with E-state index >= 15 is 0 Å². The molecule has 0 fully saturated rings. The van der Waals surface area contributed by atoms with Gasteiger partial charge in [-0.15, -0.1) is 0 Å². The van der Waals surface area contributed by atoms with Crippen LogP contribution < -0.4 is 5.11 Å². The van der Waals surface area contributed by atoms with E-state index in [-0.39, 0.29) is 38.6 Å². The Kier molecular flexibility index (Phi) is 60.5. The Labute approximate surface area is 515 Å². The van der Waals surface area contributed by atoms with E-state index in [0.717, 1.165) is 128 Å². The van der Waals surface area contributed by atoms with Crippen LogP contribution in [0.5, 0.6) is 0 Å². The molecule has 0 aromatic carbocycles. The zero-order chi connectivity index (χ0) is 61.2. The van der Waals surface area contributed by atoms with Crippen LogP contribution >= 0.6 is 0 Å². The highest BCUT2D eigenvalue weighted by atomic mass is 16.7. The van der Waals surface area contributed by atoms with E-state index in [4.69, 9.17) is 18.9 Å². The zero-order valence-corrected chi connectivity index (χ0v) is 54.2. The fourth-order valence-corrected chi connectivity index (χ4v) is 8.71. The largest absolute Gasteiger partial charge is 0.545 e. The lowest BCUT2D eigenvalue weighted by molar-refractivity contribution is -0.870. The Morgan fingerprint density at radius 1 is 0.369 bits per heavy atom. The number of quaternary nitrogens is 1. The van der Waals surface area contributed by atoms with Crippen molar-refractivity contribution in [1.82, 2.24) is 0 Å². The van der Waals surface area contributed by atoms with E-state index in [9.17, 15) is 19.5 Å². The van der Waals surface area contributed by atoms with E-state index in [1.165, 1.54) is 89.9 Å². The maximum atomic E-state index is 12.9. The number of likely N-dealkylation sites (N-methyl/N-ethyl adjacent to an activating group) is 1. The number of carbonyl (C=O) groups is 3. The summed E-state index contributed by atoms with van der Waals surface area (Å²) in [6.45, 7) is 4.59. The van der Waals surface area contributed by atoms with Gasteiger partial charge in [-0.2, -0.15) is 0 Å². The topological polar surface area (TPSA) is 111 Å². The highest BCUT2D eigenvalue weighted by Crippen LogP contribution is 2.15. The number of allylic oxidation sites excluding steroid dienone is 24. The molecule has 0 aliphatic carbocycles. The van der Waals surface area contributed by atoms with Gasteiger partial charge in [0.05, 0.1) is 40.3 Å². The molecule has 2 atom stereocenters. The molecule has 0 aromatic heterocycles. The number of aliphatic carboxylic acids is 1. The van der Waals surface area contributed by atoms with E-state index in [0.29, 0.717) is 17.4 Å². The Hall–Kier alpha value is -4.83. The fraction of sp³-hybridized carbons (Fsp3) is 0.640. The number of hydrogen-bond donors (Lipinski definition) is 0. The van der Waals surface area contributed by atoms with Gasteiger partial charge in [0.15, 0.2) is 12.4 Å². The minimum absolute atomic E-state index is 0.139. The van der Waals surface area contributed by atoms with Crippen LogP contribution in [0.3, 0.4) is 0 Å². The molecule has 0 spiro atoms. The SMILES string of the molecule is CC/C=C\C/C=C\C/C=C\C/C=C\C/C=C\C/C=C\C/C=C\C/C=C\C/C=C\C/C=C\CCCCCCCCCCCCC(=O)OC(COC(=O)CCCCCCCCC/C=C\C/C=C\CCCCCC)COC(OCC[N+](C)(C)C)C(=O)[O-]. The smallest absolute Gasteiger partial charge is 0.306 e. The van der Waals surface area contributed by atoms with Gasteiger partial charge in [0, 0.05) is 12.8 Å². The molecule has 0 heterocycles. The Balaban J connectivity index is 4.16. The number of nitrogens with zero attached hydrogens (tertiary/aromatic N) is 1. The lowest BCUT2D eigenvalue weighted by atomic mass is 10.0. The molecule has 84 heavy (non-hydrogen) atoms. The van der Waals surface area contributed by atoms with Crippen molar-refractivity contribution in [2.24, 2.45) is 0 Å². The van der Waals surface area contributed by atoms with E-state index < -0.39 is 24.3 Å². The highest BCUT2D eigenvalue weighted by Gasteiger charge is 2.22. The van der Waals surface area contributed by atoms with E-state index in [2.05, 4.69) is 160 Å². The van der Waals surface area contributed by atoms with Crippen molar-refractivity contribution < 1.29 is 42.9 Å². The minimum Gasteiger partial charge on any atom is -0.545 e. The van der Waals surface area contributed by atoms with E-state index in [1.54, 1.807) is 0 Å². The molecule has 9 nitrogen and oxygen atoms in total. The maximum absolute atomic E-state index is 12.9. The monoisotopic (exact) mass is 1170 g/mol. The number of carbonyl (C=O) groups excluding carboxylic acids is 3. The molecule has 0 amide bonds. The van der Waals surface area contributed by atoms with Crippen molar-refractivity contribution in [3.05, 3.63) is 146 Å². The summed E-state index contributed by atoms with van der Waals surface area (Å²) in [4.78, 5) is 37.4. The molecule has 476 valence electrons. The predicted octanol–water partition coefficient (Wildman–Crippen LogP) is 19.4. The molecule has 0 saturated heterocycles. The summed E-state index contributed by atoms with van der Waals surface area (Å²) in [6.07, 6.45) is 90.6. The van der Waals surface area contributed by atoms with Gasteiger partial charge in [0.25, 0.3) is 0 Å². The van der Waals surface area contributed by atoms with Crippen molar-refractivity contribution in [3.8, 4) is 0 Å². The van der Waals surface area contributed by atoms with Gasteiger partial charge in [-0.25, -0.2) is 0 Å². The third-order valence-corrected chi connectivity index (χ3v) is 13.8. The van der Waals surface area contributed by atoms with Gasteiger partial charge >= 0.3 is 11.9 Å². The van der Waals surface area contributed by atoms with Crippen LogP contribution in [-0.2, 0) is 33.3 Å². The first-order valence-electron chi connectivity index (χ1n) is 33.5. The first-order valence-corrected chi connectivity index (χ1v) is 33.5. The molecule has 0 N–H and O–H groups in total. The number of esters is 2. The normalized spacial score (nSPS) is 13.7. The molecule has 0 bridgehead atoms. The zero-order valence-electron chi connectivity index (χ0n) is 54.2. The molecule has 0 saturated carbocycles. The van der Waals surface area contributed by atoms with Gasteiger partial charge < -0.3 is 33.3 Å². The average Bonchev–Trinajstić information content (AvgIpc) is 3.52. The summed E-state index contributed by atoms with van der Waals surface area (Å²) in [5, 5.41) is 11.8. The molecule has 0 aliphatic heterocycles. The van der Waals surface area contributed by atoms with Gasteiger partial charge in [0.1, 0.15) is 13.2 Å². The second-order valence-electron chi connectivity index (χ2n) is 23.0. The molecule has 0 aromatic rings. The van der Waals surface area contributed by atoms with Crippen molar-refractivity contribution in [1.29, 1.82) is 0 Å². The van der Waals surface area contributed by atoms with Crippen LogP contribution in [0.15, 0.2) is 146 Å². The van der Waals surface area contributed by atoms with Gasteiger partial charge in [-0.1, -0.05) is 262 Å². The highest BCUT2D eigenvalue weighted by molar-refractivity contribution is 5.70. The number of rotatable bonds is 60. The number of unbranched alkanes of at least 4 members (excludes halogenated alkanes) is 21. The second kappa shape index (κ2) is 64.2. The maximum Gasteiger partial charge on any atom is 0.306 e. The average molecular weight is 1170 g/mol. The first kappa shape index (κ1) is 79.2. The van der Waals surface area contributed by atoms with Crippen molar-refractivity contribution >= 4 is 17.9 Å². The number of carboxylic acids is 1. The first-order chi connectivity index (χ1) is 41.1. The summed E-state index contributed by atoms with van der Waals surface area (Å²) >= 11 is 0. The lowest BCUT2D eigenvalue weighted by Crippen LogP contribution is -2.44. The lowest BCUT2D eigenvalue weighted by Gasteiger charge is -2.26. The molecular formula is C75H123NO8. The number of carboxylic acid groups (broad SMARTS) is 1. The van der Waals surface area contributed by atoms with E-state index in [1.807, 2.05) is 21.1 Å². The summed E-state index contributed by atoms with van der Waals surface area (Å²) in [6, 6.07) is 0. The number of hydrogen-bond acceptors (Lipinski definition) is 8. The Bertz CT molecular complexity index is 1890. The van der Waals surface area contributed by atoms with Gasteiger partial charge in [-0.05, 0) is 122 Å². The third-order valence-electron chi connectivity index (χ3n) is 13.8. The summed E-state index contributed by atoms with van der Waals surface area (Å²) in [7, 11) is 5.91. The molecule has 2 unspecified atom stereocenters.